The summed E-state index contributed by atoms with van der Waals surface area (Å²) >= 11 is -2.85. The summed E-state index contributed by atoms with van der Waals surface area (Å²) in [7, 11) is 0. The highest BCUT2D eigenvalue weighted by Crippen LogP contribution is 2.20. The lowest BCUT2D eigenvalue weighted by Gasteiger charge is -2.09. The Morgan fingerprint density at radius 2 is 1.74 bits per heavy atom. The maximum absolute atomic E-state index is 12.3. The van der Waals surface area contributed by atoms with Crippen LogP contribution in [0.15, 0.2) is 73.1 Å². The van der Waals surface area contributed by atoms with E-state index in [1.54, 1.807) is 42.6 Å². The molecule has 8 heteroatoms. The summed E-state index contributed by atoms with van der Waals surface area (Å²) in [5.41, 5.74) is 2.04. The molecule has 2 aromatic carbocycles. The second-order valence-electron chi connectivity index (χ2n) is 5.43. The number of anilines is 1. The van der Waals surface area contributed by atoms with Gasteiger partial charge in [-0.15, -0.1) is 0 Å². The summed E-state index contributed by atoms with van der Waals surface area (Å²) < 4.78 is 32.6. The average molecular weight is 386 g/mol. The number of carbonyl (C=O) groups excluding carboxylic acids is 1. The SMILES string of the molecule is O=C(Nc1ccc(COc2ccc(OS(=O)F)cc2)cc1)c1cccnc1. The van der Waals surface area contributed by atoms with Crippen molar-refractivity contribution in [3.05, 3.63) is 84.2 Å². The van der Waals surface area contributed by atoms with E-state index in [2.05, 4.69) is 14.5 Å². The molecular formula is C19H15FN2O4S. The van der Waals surface area contributed by atoms with Gasteiger partial charge in [0.05, 0.1) is 5.56 Å². The van der Waals surface area contributed by atoms with Crippen molar-refractivity contribution < 1.29 is 21.8 Å². The molecule has 0 spiro atoms. The zero-order valence-electron chi connectivity index (χ0n) is 14.0. The van der Waals surface area contributed by atoms with E-state index in [1.165, 1.54) is 18.3 Å². The fraction of sp³-hybridized carbons (Fsp3) is 0.0526. The van der Waals surface area contributed by atoms with Crippen molar-refractivity contribution in [3.63, 3.8) is 0 Å². The molecule has 1 heterocycles. The van der Waals surface area contributed by atoms with Gasteiger partial charge in [0.15, 0.2) is 0 Å². The number of halogens is 1. The van der Waals surface area contributed by atoms with E-state index in [9.17, 15) is 12.9 Å². The third-order valence-electron chi connectivity index (χ3n) is 3.53. The smallest absolute Gasteiger partial charge is 0.401 e. The van der Waals surface area contributed by atoms with Crippen molar-refractivity contribution in [2.45, 2.75) is 6.61 Å². The molecular weight excluding hydrogens is 371 g/mol. The first-order valence-electron chi connectivity index (χ1n) is 7.90. The number of pyridine rings is 1. The molecule has 1 atom stereocenters. The number of nitrogens with one attached hydrogen (secondary N) is 1. The number of amides is 1. The van der Waals surface area contributed by atoms with E-state index < -0.39 is 11.5 Å². The number of hydrogen-bond donors (Lipinski definition) is 1. The van der Waals surface area contributed by atoms with Gasteiger partial charge in [-0.2, -0.15) is 4.21 Å². The van der Waals surface area contributed by atoms with E-state index in [1.807, 2.05) is 12.1 Å². The number of benzene rings is 2. The van der Waals surface area contributed by atoms with Crippen LogP contribution >= 0.6 is 0 Å². The van der Waals surface area contributed by atoms with Gasteiger partial charge in [-0.3, -0.25) is 9.78 Å². The van der Waals surface area contributed by atoms with Crippen LogP contribution in [0, 0.1) is 0 Å². The molecule has 0 radical (unpaired) electrons. The standard InChI is InChI=1S/C19H15FN2O4S/c20-27(24)26-18-9-7-17(8-10-18)25-13-14-3-5-16(6-4-14)22-19(23)15-2-1-11-21-12-15/h1-12H,13H2,(H,22,23). The molecule has 3 rings (SSSR count). The Hall–Kier alpha value is -3.26. The monoisotopic (exact) mass is 386 g/mol. The van der Waals surface area contributed by atoms with Gasteiger partial charge in [0.25, 0.3) is 5.91 Å². The molecule has 0 fully saturated rings. The molecule has 27 heavy (non-hydrogen) atoms. The van der Waals surface area contributed by atoms with E-state index in [-0.39, 0.29) is 11.7 Å². The van der Waals surface area contributed by atoms with Gasteiger partial charge < -0.3 is 14.2 Å². The minimum Gasteiger partial charge on any atom is -0.489 e. The molecule has 0 aliphatic heterocycles. The van der Waals surface area contributed by atoms with Gasteiger partial charge in [0, 0.05) is 18.1 Å². The Balaban J connectivity index is 1.53. The normalized spacial score (nSPS) is 11.4. The molecule has 1 amide bonds. The van der Waals surface area contributed by atoms with E-state index in [0.29, 0.717) is 23.6 Å². The first-order chi connectivity index (χ1) is 13.1. The summed E-state index contributed by atoms with van der Waals surface area (Å²) in [6, 6.07) is 16.7. The summed E-state index contributed by atoms with van der Waals surface area (Å²) in [4.78, 5) is 16.0. The Kier molecular flexibility index (Phi) is 6.11. The summed E-state index contributed by atoms with van der Waals surface area (Å²) in [6.07, 6.45) is 3.10. The van der Waals surface area contributed by atoms with Gasteiger partial charge >= 0.3 is 11.5 Å². The second-order valence-corrected chi connectivity index (χ2v) is 5.98. The van der Waals surface area contributed by atoms with Crippen LogP contribution in [0.25, 0.3) is 0 Å². The van der Waals surface area contributed by atoms with Crippen molar-refractivity contribution in [2.24, 2.45) is 0 Å². The zero-order chi connectivity index (χ0) is 19.1. The third-order valence-corrected chi connectivity index (χ3v) is 3.85. The zero-order valence-corrected chi connectivity index (χ0v) is 14.8. The molecule has 1 aromatic heterocycles. The second kappa shape index (κ2) is 8.91. The third kappa shape index (κ3) is 5.61. The van der Waals surface area contributed by atoms with Crippen LogP contribution in [0.4, 0.5) is 9.57 Å². The van der Waals surface area contributed by atoms with Gasteiger partial charge in [0.2, 0.25) is 0 Å². The predicted molar refractivity (Wildman–Crippen MR) is 99.3 cm³/mol. The molecule has 0 saturated heterocycles. The number of rotatable bonds is 7. The maximum atomic E-state index is 12.3. The lowest BCUT2D eigenvalue weighted by Crippen LogP contribution is -2.11. The Morgan fingerprint density at radius 1 is 1.04 bits per heavy atom. The van der Waals surface area contributed by atoms with Gasteiger partial charge in [-0.25, -0.2) is 0 Å². The van der Waals surface area contributed by atoms with E-state index in [4.69, 9.17) is 4.74 Å². The van der Waals surface area contributed by atoms with E-state index >= 15 is 0 Å². The van der Waals surface area contributed by atoms with Crippen LogP contribution in [-0.4, -0.2) is 15.1 Å². The van der Waals surface area contributed by atoms with Gasteiger partial charge in [-0.1, -0.05) is 16.0 Å². The first kappa shape index (κ1) is 18.5. The topological polar surface area (TPSA) is 77.5 Å². The number of ether oxygens (including phenoxy) is 1. The largest absolute Gasteiger partial charge is 0.489 e. The van der Waals surface area contributed by atoms with Crippen molar-refractivity contribution in [1.29, 1.82) is 0 Å². The van der Waals surface area contributed by atoms with Crippen LogP contribution in [0.1, 0.15) is 15.9 Å². The fourth-order valence-corrected chi connectivity index (χ4v) is 2.48. The highest BCUT2D eigenvalue weighted by atomic mass is 32.2. The first-order valence-corrected chi connectivity index (χ1v) is 8.87. The Morgan fingerprint density at radius 3 is 2.37 bits per heavy atom. The van der Waals surface area contributed by atoms with Crippen molar-refractivity contribution >= 4 is 23.1 Å². The van der Waals surface area contributed by atoms with Crippen molar-refractivity contribution in [3.8, 4) is 11.5 Å². The van der Waals surface area contributed by atoms with Crippen LogP contribution < -0.4 is 14.2 Å². The van der Waals surface area contributed by atoms with E-state index in [0.717, 1.165) is 5.56 Å². The van der Waals surface area contributed by atoms with Crippen molar-refractivity contribution in [1.82, 2.24) is 4.98 Å². The number of aromatic nitrogens is 1. The molecule has 1 unspecified atom stereocenters. The minimum atomic E-state index is -2.85. The predicted octanol–water partition coefficient (Wildman–Crippen LogP) is 3.84. The van der Waals surface area contributed by atoms with Crippen LogP contribution in [0.5, 0.6) is 11.5 Å². The molecule has 0 aliphatic carbocycles. The molecule has 1 N–H and O–H groups in total. The molecule has 0 saturated carbocycles. The summed E-state index contributed by atoms with van der Waals surface area (Å²) in [5.74, 6) is 0.474. The highest BCUT2D eigenvalue weighted by Gasteiger charge is 2.06. The average Bonchev–Trinajstić information content (AvgIpc) is 2.69. The van der Waals surface area contributed by atoms with Crippen molar-refractivity contribution in [2.75, 3.05) is 5.32 Å². The molecule has 138 valence electrons. The minimum absolute atomic E-state index is 0.150. The lowest BCUT2D eigenvalue weighted by molar-refractivity contribution is 0.102. The molecule has 6 nitrogen and oxygen atoms in total. The van der Waals surface area contributed by atoms with Crippen LogP contribution in [0.3, 0.4) is 0 Å². The van der Waals surface area contributed by atoms with Crippen LogP contribution in [0.2, 0.25) is 0 Å². The lowest BCUT2D eigenvalue weighted by atomic mass is 10.2. The number of carbonyl (C=O) groups is 1. The Labute approximate surface area is 157 Å². The summed E-state index contributed by atoms with van der Waals surface area (Å²) in [5, 5.41) is 2.79. The quantitative estimate of drug-likeness (QED) is 0.624. The number of nitrogens with zero attached hydrogens (tertiary/aromatic N) is 1. The highest BCUT2D eigenvalue weighted by molar-refractivity contribution is 7.75. The molecule has 0 aliphatic rings. The van der Waals surface area contributed by atoms with Gasteiger partial charge in [-0.05, 0) is 54.1 Å². The molecule has 3 aromatic rings. The van der Waals surface area contributed by atoms with Gasteiger partial charge in [0.1, 0.15) is 18.1 Å². The fourth-order valence-electron chi connectivity index (χ4n) is 2.22. The Bertz CT molecular complexity index is 919. The molecule has 0 bridgehead atoms. The maximum Gasteiger partial charge on any atom is 0.401 e. The van der Waals surface area contributed by atoms with Crippen LogP contribution in [-0.2, 0) is 18.1 Å². The summed E-state index contributed by atoms with van der Waals surface area (Å²) in [6.45, 7) is 0.312. The number of hydrogen-bond acceptors (Lipinski definition) is 5.